The van der Waals surface area contributed by atoms with Gasteiger partial charge < -0.3 is 10.0 Å². The quantitative estimate of drug-likeness (QED) is 0.311. The molecule has 2 heterocycles. The predicted octanol–water partition coefficient (Wildman–Crippen LogP) is 5.72. The second-order valence-electron chi connectivity index (χ2n) is 10.3. The number of carbonyl (C=O) groups is 2. The van der Waals surface area contributed by atoms with Gasteiger partial charge in [-0.05, 0) is 77.1 Å². The molecule has 1 N–H and O–H groups in total. The van der Waals surface area contributed by atoms with Crippen molar-refractivity contribution in [2.75, 3.05) is 6.54 Å². The highest BCUT2D eigenvalue weighted by atomic mass is 16.4. The molecule has 6 rings (SSSR count). The number of nitrogens with zero attached hydrogens (tertiary/aromatic N) is 4. The van der Waals surface area contributed by atoms with E-state index in [1.807, 2.05) is 84.1 Å². The summed E-state index contributed by atoms with van der Waals surface area (Å²) in [6, 6.07) is 24.1. The number of aryl methyl sites for hydroxylation is 2. The van der Waals surface area contributed by atoms with Gasteiger partial charge in [-0.2, -0.15) is 0 Å². The molecule has 1 aliphatic rings. The Morgan fingerprint density at radius 2 is 1.79 bits per heavy atom. The Balaban J connectivity index is 1.33. The van der Waals surface area contributed by atoms with Crippen LogP contribution in [-0.2, 0) is 24.3 Å². The van der Waals surface area contributed by atoms with Crippen molar-refractivity contribution in [2.45, 2.75) is 45.7 Å². The van der Waals surface area contributed by atoms with Crippen LogP contribution in [0.25, 0.3) is 21.8 Å². The van der Waals surface area contributed by atoms with Gasteiger partial charge in [0.25, 0.3) is 5.91 Å². The number of aromatic nitrogens is 3. The van der Waals surface area contributed by atoms with Crippen LogP contribution in [0.4, 0.5) is 0 Å². The standard InChI is InChI=1S/C32H30N4O3/c1-3-36-29-13-12-27(20(2)31(29)33-34-36)28(18-30(37)38)24-10-8-22-14-15-35(19-26(22)17-24)32(39)25-11-9-21-6-4-5-7-23(21)16-25/h4-13,16-17,28H,3,14-15,18-19H2,1-2H3,(H,37,38). The van der Waals surface area contributed by atoms with Crippen LogP contribution in [0.15, 0.2) is 72.8 Å². The first-order valence-corrected chi connectivity index (χ1v) is 13.4. The molecule has 0 radical (unpaired) electrons. The van der Waals surface area contributed by atoms with E-state index in [1.54, 1.807) is 0 Å². The van der Waals surface area contributed by atoms with Crippen LogP contribution in [0.5, 0.6) is 0 Å². The van der Waals surface area contributed by atoms with Crippen LogP contribution >= 0.6 is 0 Å². The molecule has 1 unspecified atom stereocenters. The van der Waals surface area contributed by atoms with Gasteiger partial charge in [-0.15, -0.1) is 5.10 Å². The number of carboxylic acid groups (broad SMARTS) is 1. The molecular formula is C32H30N4O3. The molecule has 39 heavy (non-hydrogen) atoms. The van der Waals surface area contributed by atoms with Crippen LogP contribution in [-0.4, -0.2) is 43.4 Å². The molecular weight excluding hydrogens is 488 g/mol. The summed E-state index contributed by atoms with van der Waals surface area (Å²) in [5.74, 6) is -1.18. The van der Waals surface area contributed by atoms with Crippen LogP contribution in [0, 0.1) is 6.92 Å². The summed E-state index contributed by atoms with van der Waals surface area (Å²) >= 11 is 0. The van der Waals surface area contributed by atoms with E-state index in [1.165, 1.54) is 5.56 Å². The van der Waals surface area contributed by atoms with E-state index in [9.17, 15) is 14.7 Å². The third-order valence-electron chi connectivity index (χ3n) is 7.96. The fourth-order valence-corrected chi connectivity index (χ4v) is 5.85. The highest BCUT2D eigenvalue weighted by molar-refractivity contribution is 5.98. The minimum atomic E-state index is -0.859. The van der Waals surface area contributed by atoms with Gasteiger partial charge in [0.2, 0.25) is 0 Å². The zero-order valence-corrected chi connectivity index (χ0v) is 22.1. The van der Waals surface area contributed by atoms with Crippen molar-refractivity contribution in [1.82, 2.24) is 19.9 Å². The molecule has 0 aliphatic carbocycles. The van der Waals surface area contributed by atoms with Gasteiger partial charge in [-0.1, -0.05) is 59.8 Å². The maximum absolute atomic E-state index is 13.5. The lowest BCUT2D eigenvalue weighted by molar-refractivity contribution is -0.137. The number of hydrogen-bond acceptors (Lipinski definition) is 4. The summed E-state index contributed by atoms with van der Waals surface area (Å²) in [7, 11) is 0. The second-order valence-corrected chi connectivity index (χ2v) is 10.3. The van der Waals surface area contributed by atoms with Gasteiger partial charge in [0.1, 0.15) is 5.52 Å². The van der Waals surface area contributed by atoms with Crippen molar-refractivity contribution in [3.63, 3.8) is 0 Å². The predicted molar refractivity (Wildman–Crippen MR) is 151 cm³/mol. The second kappa shape index (κ2) is 9.98. The van der Waals surface area contributed by atoms with Crippen LogP contribution in [0.2, 0.25) is 0 Å². The summed E-state index contributed by atoms with van der Waals surface area (Å²) in [5.41, 5.74) is 7.52. The number of rotatable bonds is 6. The molecule has 0 spiro atoms. The number of hydrogen-bond donors (Lipinski definition) is 1. The van der Waals surface area contributed by atoms with E-state index in [2.05, 4.69) is 22.4 Å². The number of aliphatic carboxylic acids is 1. The Morgan fingerprint density at radius 3 is 2.59 bits per heavy atom. The largest absolute Gasteiger partial charge is 0.481 e. The minimum absolute atomic E-state index is 0.0131. The van der Waals surface area contributed by atoms with Gasteiger partial charge >= 0.3 is 5.97 Å². The number of carboxylic acids is 1. The number of carbonyl (C=O) groups excluding carboxylic acids is 1. The van der Waals surface area contributed by atoms with Gasteiger partial charge in [-0.3, -0.25) is 9.59 Å². The topological polar surface area (TPSA) is 88.3 Å². The molecule has 0 saturated carbocycles. The van der Waals surface area contributed by atoms with Crippen molar-refractivity contribution in [3.05, 3.63) is 106 Å². The Kier molecular flexibility index (Phi) is 6.35. The zero-order valence-electron chi connectivity index (χ0n) is 22.1. The Hall–Kier alpha value is -4.52. The van der Waals surface area contributed by atoms with Crippen molar-refractivity contribution >= 4 is 33.7 Å². The van der Waals surface area contributed by atoms with Crippen molar-refractivity contribution < 1.29 is 14.7 Å². The van der Waals surface area contributed by atoms with Crippen LogP contribution in [0.1, 0.15) is 57.4 Å². The SMILES string of the molecule is CCn1nnc2c(C)c(C(CC(=O)O)c3ccc4c(c3)CN(C(=O)c3ccc5ccccc5c3)CC4)ccc21. The molecule has 7 nitrogen and oxygen atoms in total. The third kappa shape index (κ3) is 4.54. The van der Waals surface area contributed by atoms with E-state index in [0.29, 0.717) is 25.2 Å². The summed E-state index contributed by atoms with van der Waals surface area (Å²) in [6.07, 6.45) is 0.733. The zero-order chi connectivity index (χ0) is 27.1. The fraction of sp³-hybridized carbons (Fsp3) is 0.250. The lowest BCUT2D eigenvalue weighted by Crippen LogP contribution is -2.36. The lowest BCUT2D eigenvalue weighted by Gasteiger charge is -2.30. The highest BCUT2D eigenvalue weighted by Gasteiger charge is 2.26. The molecule has 5 aromatic rings. The number of fused-ring (bicyclic) bond motifs is 3. The van der Waals surface area contributed by atoms with Gasteiger partial charge in [0, 0.05) is 31.1 Å². The molecule has 0 saturated heterocycles. The van der Waals surface area contributed by atoms with E-state index in [0.717, 1.165) is 50.5 Å². The monoisotopic (exact) mass is 518 g/mol. The van der Waals surface area contributed by atoms with E-state index >= 15 is 0 Å². The normalized spacial score (nSPS) is 13.9. The molecule has 1 amide bonds. The smallest absolute Gasteiger partial charge is 0.304 e. The van der Waals surface area contributed by atoms with Crippen LogP contribution in [0.3, 0.4) is 0 Å². The van der Waals surface area contributed by atoms with Crippen LogP contribution < -0.4 is 0 Å². The van der Waals surface area contributed by atoms with Gasteiger partial charge in [0.15, 0.2) is 0 Å². The average Bonchev–Trinajstić information content (AvgIpc) is 3.39. The van der Waals surface area contributed by atoms with Crippen molar-refractivity contribution in [1.29, 1.82) is 0 Å². The molecule has 7 heteroatoms. The van der Waals surface area contributed by atoms with Crippen molar-refractivity contribution in [3.8, 4) is 0 Å². The highest BCUT2D eigenvalue weighted by Crippen LogP contribution is 2.35. The Morgan fingerprint density at radius 1 is 0.974 bits per heavy atom. The molecule has 1 atom stereocenters. The lowest BCUT2D eigenvalue weighted by atomic mass is 9.83. The minimum Gasteiger partial charge on any atom is -0.481 e. The molecule has 196 valence electrons. The van der Waals surface area contributed by atoms with E-state index in [4.69, 9.17) is 0 Å². The van der Waals surface area contributed by atoms with Gasteiger partial charge in [0.05, 0.1) is 11.9 Å². The first-order chi connectivity index (χ1) is 18.9. The number of benzene rings is 4. The summed E-state index contributed by atoms with van der Waals surface area (Å²) < 4.78 is 1.85. The Labute approximate surface area is 226 Å². The molecule has 0 bridgehead atoms. The molecule has 0 fully saturated rings. The molecule has 1 aromatic heterocycles. The van der Waals surface area contributed by atoms with E-state index < -0.39 is 5.97 Å². The van der Waals surface area contributed by atoms with E-state index in [-0.39, 0.29) is 18.2 Å². The summed E-state index contributed by atoms with van der Waals surface area (Å²) in [5, 5.41) is 20.6. The molecule has 4 aromatic carbocycles. The summed E-state index contributed by atoms with van der Waals surface area (Å²) in [6.45, 7) is 5.87. The summed E-state index contributed by atoms with van der Waals surface area (Å²) in [4.78, 5) is 27.3. The molecule has 1 aliphatic heterocycles. The maximum Gasteiger partial charge on any atom is 0.304 e. The fourth-order valence-electron chi connectivity index (χ4n) is 5.85. The third-order valence-corrected chi connectivity index (χ3v) is 7.96. The van der Waals surface area contributed by atoms with Gasteiger partial charge in [-0.25, -0.2) is 4.68 Å². The average molecular weight is 519 g/mol. The van der Waals surface area contributed by atoms with Crippen molar-refractivity contribution in [2.24, 2.45) is 0 Å². The maximum atomic E-state index is 13.5. The first-order valence-electron chi connectivity index (χ1n) is 13.4. The first kappa shape index (κ1) is 24.8. The number of amides is 1. The Bertz CT molecular complexity index is 1740.